The van der Waals surface area contributed by atoms with Crippen LogP contribution in [0, 0.1) is 6.07 Å². The van der Waals surface area contributed by atoms with Gasteiger partial charge in [-0.1, -0.05) is 54.1 Å². The predicted molar refractivity (Wildman–Crippen MR) is 91.1 cm³/mol. The highest BCUT2D eigenvalue weighted by Crippen LogP contribution is 2.35. The molecule has 23 heavy (non-hydrogen) atoms. The van der Waals surface area contributed by atoms with Crippen LogP contribution in [0.25, 0.3) is 11.1 Å². The molecule has 0 bridgehead atoms. The lowest BCUT2D eigenvalue weighted by Gasteiger charge is -2.12. The normalized spacial score (nSPS) is 12.4. The van der Waals surface area contributed by atoms with E-state index in [9.17, 15) is 0 Å². The summed E-state index contributed by atoms with van der Waals surface area (Å²) < 4.78 is 10.8. The van der Waals surface area contributed by atoms with E-state index in [1.165, 1.54) is 0 Å². The second-order valence-corrected chi connectivity index (χ2v) is 5.82. The van der Waals surface area contributed by atoms with Crippen molar-refractivity contribution in [1.29, 1.82) is 0 Å². The maximum absolute atomic E-state index is 6.47. The largest absolute Gasteiger partial charge is 0.454 e. The van der Waals surface area contributed by atoms with Gasteiger partial charge in [-0.3, -0.25) is 0 Å². The SMILES string of the molecule is Clc1cc[c]c(-c2ccccc2)c1Cc1ccc2c(c1)OCO2. The van der Waals surface area contributed by atoms with Gasteiger partial charge < -0.3 is 9.47 Å². The molecule has 1 radical (unpaired) electrons. The van der Waals surface area contributed by atoms with Crippen LogP contribution in [0.3, 0.4) is 0 Å². The lowest BCUT2D eigenvalue weighted by atomic mass is 9.95. The summed E-state index contributed by atoms with van der Waals surface area (Å²) in [4.78, 5) is 0. The van der Waals surface area contributed by atoms with Gasteiger partial charge in [0.15, 0.2) is 11.5 Å². The molecule has 3 aromatic rings. The highest BCUT2D eigenvalue weighted by Gasteiger charge is 2.15. The van der Waals surface area contributed by atoms with Crippen molar-refractivity contribution in [1.82, 2.24) is 0 Å². The van der Waals surface area contributed by atoms with Gasteiger partial charge in [0.2, 0.25) is 6.79 Å². The molecule has 113 valence electrons. The zero-order chi connectivity index (χ0) is 15.6. The zero-order valence-electron chi connectivity index (χ0n) is 12.4. The molecule has 1 aliphatic heterocycles. The molecule has 4 rings (SSSR count). The Balaban J connectivity index is 1.74. The van der Waals surface area contributed by atoms with Gasteiger partial charge in [-0.25, -0.2) is 0 Å². The van der Waals surface area contributed by atoms with Gasteiger partial charge >= 0.3 is 0 Å². The van der Waals surface area contributed by atoms with Crippen molar-refractivity contribution in [2.75, 3.05) is 6.79 Å². The minimum absolute atomic E-state index is 0.286. The number of rotatable bonds is 3. The van der Waals surface area contributed by atoms with Crippen molar-refractivity contribution in [3.05, 3.63) is 82.9 Å². The van der Waals surface area contributed by atoms with E-state index in [0.717, 1.165) is 45.2 Å². The highest BCUT2D eigenvalue weighted by molar-refractivity contribution is 6.31. The van der Waals surface area contributed by atoms with E-state index in [1.54, 1.807) is 0 Å². The van der Waals surface area contributed by atoms with Crippen LogP contribution >= 0.6 is 11.6 Å². The lowest BCUT2D eigenvalue weighted by Crippen LogP contribution is -1.94. The summed E-state index contributed by atoms with van der Waals surface area (Å²) in [7, 11) is 0. The molecule has 3 heteroatoms. The van der Waals surface area contributed by atoms with E-state index >= 15 is 0 Å². The van der Waals surface area contributed by atoms with Crippen LogP contribution in [0.2, 0.25) is 5.02 Å². The number of ether oxygens (including phenoxy) is 2. The molecular formula is C20H14ClO2. The van der Waals surface area contributed by atoms with Crippen LogP contribution in [0.15, 0.2) is 60.7 Å². The topological polar surface area (TPSA) is 18.5 Å². The second kappa shape index (κ2) is 5.98. The lowest BCUT2D eigenvalue weighted by molar-refractivity contribution is 0.174. The highest BCUT2D eigenvalue weighted by atomic mass is 35.5. The smallest absolute Gasteiger partial charge is 0.231 e. The molecule has 0 amide bonds. The summed E-state index contributed by atoms with van der Waals surface area (Å²) in [6.07, 6.45) is 0.719. The molecule has 0 aliphatic carbocycles. The summed E-state index contributed by atoms with van der Waals surface area (Å²) in [6.45, 7) is 0.286. The summed E-state index contributed by atoms with van der Waals surface area (Å²) in [6, 6.07) is 23.3. The van der Waals surface area contributed by atoms with E-state index in [4.69, 9.17) is 21.1 Å². The molecular weight excluding hydrogens is 308 g/mol. The summed E-state index contributed by atoms with van der Waals surface area (Å²) in [5, 5.41) is 0.750. The van der Waals surface area contributed by atoms with Crippen LogP contribution < -0.4 is 9.47 Å². The van der Waals surface area contributed by atoms with Crippen molar-refractivity contribution >= 4 is 11.6 Å². The van der Waals surface area contributed by atoms with Crippen molar-refractivity contribution < 1.29 is 9.47 Å². The molecule has 0 unspecified atom stereocenters. The van der Waals surface area contributed by atoms with Gasteiger partial charge in [0, 0.05) is 5.02 Å². The molecule has 1 aliphatic rings. The first-order valence-electron chi connectivity index (χ1n) is 7.44. The fourth-order valence-corrected chi connectivity index (χ4v) is 3.02. The second-order valence-electron chi connectivity index (χ2n) is 5.41. The third-order valence-electron chi connectivity index (χ3n) is 3.93. The Morgan fingerprint density at radius 3 is 2.65 bits per heavy atom. The van der Waals surface area contributed by atoms with Crippen LogP contribution in [0.1, 0.15) is 11.1 Å². The van der Waals surface area contributed by atoms with Crippen molar-refractivity contribution in [3.63, 3.8) is 0 Å². The third kappa shape index (κ3) is 2.78. The van der Waals surface area contributed by atoms with Crippen LogP contribution in [-0.2, 0) is 6.42 Å². The Morgan fingerprint density at radius 2 is 1.78 bits per heavy atom. The fourth-order valence-electron chi connectivity index (χ4n) is 2.80. The molecule has 0 atom stereocenters. The number of halogens is 1. The van der Waals surface area contributed by atoms with E-state index in [2.05, 4.69) is 18.2 Å². The first-order valence-corrected chi connectivity index (χ1v) is 7.82. The Hall–Kier alpha value is -2.45. The molecule has 0 saturated carbocycles. The Kier molecular flexibility index (Phi) is 3.68. The van der Waals surface area contributed by atoms with Crippen LogP contribution in [-0.4, -0.2) is 6.79 Å². The molecule has 3 aromatic carbocycles. The van der Waals surface area contributed by atoms with Crippen LogP contribution in [0.5, 0.6) is 11.5 Å². The van der Waals surface area contributed by atoms with E-state index in [1.807, 2.05) is 48.5 Å². The third-order valence-corrected chi connectivity index (χ3v) is 4.28. The molecule has 0 N–H and O–H groups in total. The Bertz CT molecular complexity index is 844. The average Bonchev–Trinajstić information content (AvgIpc) is 3.05. The number of benzene rings is 3. The summed E-state index contributed by atoms with van der Waals surface area (Å²) >= 11 is 6.47. The van der Waals surface area contributed by atoms with Crippen molar-refractivity contribution in [2.24, 2.45) is 0 Å². The van der Waals surface area contributed by atoms with Crippen molar-refractivity contribution in [3.8, 4) is 22.6 Å². The molecule has 0 spiro atoms. The Morgan fingerprint density at radius 1 is 0.957 bits per heavy atom. The van der Waals surface area contributed by atoms with Crippen LogP contribution in [0.4, 0.5) is 0 Å². The van der Waals surface area contributed by atoms with Gasteiger partial charge in [-0.05, 0) is 52.9 Å². The number of hydrogen-bond donors (Lipinski definition) is 0. The maximum atomic E-state index is 6.47. The van der Waals surface area contributed by atoms with Gasteiger partial charge in [0.1, 0.15) is 0 Å². The predicted octanol–water partition coefficient (Wildman–Crippen LogP) is 5.13. The van der Waals surface area contributed by atoms with E-state index in [-0.39, 0.29) is 6.79 Å². The molecule has 0 aromatic heterocycles. The van der Waals surface area contributed by atoms with Gasteiger partial charge in [0.05, 0.1) is 0 Å². The van der Waals surface area contributed by atoms with Gasteiger partial charge in [-0.2, -0.15) is 0 Å². The average molecular weight is 322 g/mol. The van der Waals surface area contributed by atoms with E-state index < -0.39 is 0 Å². The minimum Gasteiger partial charge on any atom is -0.454 e. The quantitative estimate of drug-likeness (QED) is 0.666. The van der Waals surface area contributed by atoms with E-state index in [0.29, 0.717) is 0 Å². The Labute approximate surface area is 140 Å². The minimum atomic E-state index is 0.286. The molecule has 0 fully saturated rings. The monoisotopic (exact) mass is 321 g/mol. The fraction of sp³-hybridized carbons (Fsp3) is 0.100. The molecule has 2 nitrogen and oxygen atoms in total. The molecule has 1 heterocycles. The van der Waals surface area contributed by atoms with Gasteiger partial charge in [-0.15, -0.1) is 0 Å². The van der Waals surface area contributed by atoms with Crippen molar-refractivity contribution in [2.45, 2.75) is 6.42 Å². The first-order chi connectivity index (χ1) is 11.3. The maximum Gasteiger partial charge on any atom is 0.231 e. The number of fused-ring (bicyclic) bond motifs is 1. The van der Waals surface area contributed by atoms with Gasteiger partial charge in [0.25, 0.3) is 0 Å². The molecule has 0 saturated heterocycles. The summed E-state index contributed by atoms with van der Waals surface area (Å²) in [5.74, 6) is 1.59. The standard InChI is InChI=1S/C20H14ClO2/c21-18-8-4-7-16(15-5-2-1-3-6-15)17(18)11-14-9-10-19-20(12-14)23-13-22-19/h1-6,8-10,12H,11,13H2. The number of hydrogen-bond acceptors (Lipinski definition) is 2. The zero-order valence-corrected chi connectivity index (χ0v) is 13.1. The first kappa shape index (κ1) is 14.2. The summed E-state index contributed by atoms with van der Waals surface area (Å²) in [5.41, 5.74) is 4.36.